The van der Waals surface area contributed by atoms with Gasteiger partial charge in [0.2, 0.25) is 5.91 Å². The van der Waals surface area contributed by atoms with Crippen LogP contribution in [-0.4, -0.2) is 47.9 Å². The number of nitrogens with zero attached hydrogens (tertiary/aromatic N) is 2. The molecule has 2 aromatic carbocycles. The first kappa shape index (κ1) is 31.1. The lowest BCUT2D eigenvalue weighted by atomic mass is 9.93. The zero-order valence-electron chi connectivity index (χ0n) is 22.0. The number of halogens is 9. The van der Waals surface area contributed by atoms with Gasteiger partial charge in [0.15, 0.2) is 0 Å². The van der Waals surface area contributed by atoms with Crippen molar-refractivity contribution in [3.05, 3.63) is 70.3 Å². The van der Waals surface area contributed by atoms with E-state index in [0.29, 0.717) is 31.3 Å². The summed E-state index contributed by atoms with van der Waals surface area (Å²) in [5.41, 5.74) is -4.94. The molecule has 0 aromatic heterocycles. The minimum Gasteiger partial charge on any atom is -0.350 e. The van der Waals surface area contributed by atoms with Crippen molar-refractivity contribution in [2.24, 2.45) is 0 Å². The average Bonchev–Trinajstić information content (AvgIpc) is 2.91. The summed E-state index contributed by atoms with van der Waals surface area (Å²) < 4.78 is 121. The third-order valence-electron chi connectivity index (χ3n) is 7.73. The predicted molar refractivity (Wildman–Crippen MR) is 132 cm³/mol. The lowest BCUT2D eigenvalue weighted by Crippen LogP contribution is -2.54. The van der Waals surface area contributed by atoms with E-state index in [-0.39, 0.29) is 24.7 Å². The maximum Gasteiger partial charge on any atom is 0.416 e. The number of rotatable bonds is 6. The molecule has 4 rings (SSSR count). The lowest BCUT2D eigenvalue weighted by Gasteiger charge is -2.43. The molecule has 2 fully saturated rings. The van der Waals surface area contributed by atoms with Gasteiger partial charge in [-0.3, -0.25) is 14.6 Å². The van der Waals surface area contributed by atoms with Crippen LogP contribution in [0.15, 0.2) is 42.5 Å². The number of carbonyl (C=O) groups is 1. The van der Waals surface area contributed by atoms with Crippen molar-refractivity contribution in [1.82, 2.24) is 15.1 Å². The number of hydrogen-bond donors (Lipinski definition) is 1. The minimum absolute atomic E-state index is 0.0283. The first-order valence-electron chi connectivity index (χ1n) is 13.3. The van der Waals surface area contributed by atoms with E-state index in [4.69, 9.17) is 0 Å². The average molecular weight is 596 g/mol. The highest BCUT2D eigenvalue weighted by molar-refractivity contribution is 5.83. The monoisotopic (exact) mass is 595 g/mol. The number of benzene rings is 2. The number of hydrogen-bond acceptors (Lipinski definition) is 3. The van der Waals surface area contributed by atoms with Crippen LogP contribution in [0.25, 0.3) is 0 Å². The molecular formula is C28H30F9N3O. The van der Waals surface area contributed by atoms with Gasteiger partial charge in [0.25, 0.3) is 0 Å². The van der Waals surface area contributed by atoms with Crippen molar-refractivity contribution < 1.29 is 44.3 Å². The zero-order chi connectivity index (χ0) is 30.0. The van der Waals surface area contributed by atoms with E-state index in [1.165, 1.54) is 18.2 Å². The van der Waals surface area contributed by atoms with Crippen molar-refractivity contribution in [1.29, 1.82) is 0 Å². The molecule has 1 saturated heterocycles. The van der Waals surface area contributed by atoms with Crippen molar-refractivity contribution >= 4 is 5.91 Å². The van der Waals surface area contributed by atoms with Crippen LogP contribution in [0.5, 0.6) is 0 Å². The Morgan fingerprint density at radius 2 is 1.34 bits per heavy atom. The van der Waals surface area contributed by atoms with E-state index in [9.17, 15) is 44.3 Å². The van der Waals surface area contributed by atoms with Crippen LogP contribution in [0.4, 0.5) is 39.5 Å². The van der Waals surface area contributed by atoms with Gasteiger partial charge in [-0.1, -0.05) is 37.5 Å². The standard InChI is InChI=1S/C28H30F9N3O/c29-26(30,31)19-14-18(15-20(16-19)27(32,33)34)17-38-25(41)24(22-8-4-5-9-23(22)28(35,36)37)40-12-10-39(11-13-40)21-6-2-1-3-7-21/h4-5,8-9,14-16,21,24H,1-3,6-7,10-13,17H2,(H,38,41). The molecule has 1 atom stereocenters. The van der Waals surface area contributed by atoms with Crippen LogP contribution in [0.1, 0.15) is 66.0 Å². The van der Waals surface area contributed by atoms with E-state index >= 15 is 0 Å². The molecule has 2 aromatic rings. The number of amides is 1. The molecular weight excluding hydrogens is 565 g/mol. The summed E-state index contributed by atoms with van der Waals surface area (Å²) in [6.45, 7) is 0.833. The van der Waals surface area contributed by atoms with Crippen LogP contribution in [0.2, 0.25) is 0 Å². The maximum atomic E-state index is 13.9. The van der Waals surface area contributed by atoms with Crippen LogP contribution in [0, 0.1) is 0 Å². The van der Waals surface area contributed by atoms with Crippen molar-refractivity contribution in [2.75, 3.05) is 26.2 Å². The second-order valence-electron chi connectivity index (χ2n) is 10.5. The number of carbonyl (C=O) groups excluding carboxylic acids is 1. The molecule has 226 valence electrons. The number of nitrogens with one attached hydrogen (secondary N) is 1. The summed E-state index contributed by atoms with van der Waals surface area (Å²) in [5.74, 6) is -0.946. The van der Waals surface area contributed by atoms with Gasteiger partial charge in [0.05, 0.1) is 16.7 Å². The van der Waals surface area contributed by atoms with Crippen LogP contribution in [-0.2, 0) is 29.9 Å². The molecule has 1 saturated carbocycles. The SMILES string of the molecule is O=C(NCc1cc(C(F)(F)F)cc(C(F)(F)F)c1)C(c1ccccc1C(F)(F)F)N1CCN(C2CCCCC2)CC1. The fraction of sp³-hybridized carbons (Fsp3) is 0.536. The Bertz CT molecular complexity index is 1160. The van der Waals surface area contributed by atoms with Gasteiger partial charge in [-0.05, 0) is 48.2 Å². The Hall–Kier alpha value is -2.80. The third-order valence-corrected chi connectivity index (χ3v) is 7.73. The smallest absolute Gasteiger partial charge is 0.350 e. The zero-order valence-corrected chi connectivity index (χ0v) is 22.0. The highest BCUT2D eigenvalue weighted by atomic mass is 19.4. The van der Waals surface area contributed by atoms with Gasteiger partial charge in [0, 0.05) is 38.8 Å². The first-order valence-corrected chi connectivity index (χ1v) is 13.3. The summed E-state index contributed by atoms with van der Waals surface area (Å²) in [6, 6.07) is 4.41. The fourth-order valence-electron chi connectivity index (χ4n) is 5.71. The molecule has 4 nitrogen and oxygen atoms in total. The molecule has 1 N–H and O–H groups in total. The molecule has 13 heteroatoms. The first-order chi connectivity index (χ1) is 19.1. The van der Waals surface area contributed by atoms with E-state index in [0.717, 1.165) is 38.2 Å². The Morgan fingerprint density at radius 1 is 0.780 bits per heavy atom. The van der Waals surface area contributed by atoms with Gasteiger partial charge in [-0.25, -0.2) is 0 Å². The number of piperazine rings is 1. The van der Waals surface area contributed by atoms with Crippen LogP contribution >= 0.6 is 0 Å². The van der Waals surface area contributed by atoms with Crippen LogP contribution in [0.3, 0.4) is 0 Å². The summed E-state index contributed by atoms with van der Waals surface area (Å²) in [6.07, 6.45) is -9.54. The Kier molecular flexibility index (Phi) is 9.27. The lowest BCUT2D eigenvalue weighted by molar-refractivity contribution is -0.143. The fourth-order valence-corrected chi connectivity index (χ4v) is 5.71. The molecule has 1 aliphatic heterocycles. The van der Waals surface area contributed by atoms with E-state index in [2.05, 4.69) is 10.2 Å². The molecule has 1 unspecified atom stereocenters. The molecule has 41 heavy (non-hydrogen) atoms. The third kappa shape index (κ3) is 7.73. The van der Waals surface area contributed by atoms with E-state index < -0.39 is 59.3 Å². The summed E-state index contributed by atoms with van der Waals surface area (Å²) in [4.78, 5) is 17.3. The Labute approximate surface area is 231 Å². The Morgan fingerprint density at radius 3 is 1.88 bits per heavy atom. The second kappa shape index (κ2) is 12.2. The highest BCUT2D eigenvalue weighted by Crippen LogP contribution is 2.38. The predicted octanol–water partition coefficient (Wildman–Crippen LogP) is 7.05. The van der Waals surface area contributed by atoms with Gasteiger partial charge in [0.1, 0.15) is 6.04 Å². The second-order valence-corrected chi connectivity index (χ2v) is 10.5. The summed E-state index contributed by atoms with van der Waals surface area (Å²) >= 11 is 0. The van der Waals surface area contributed by atoms with Crippen LogP contribution < -0.4 is 5.32 Å². The summed E-state index contributed by atoms with van der Waals surface area (Å²) in [7, 11) is 0. The molecule has 1 aliphatic carbocycles. The van der Waals surface area contributed by atoms with Gasteiger partial charge < -0.3 is 5.32 Å². The van der Waals surface area contributed by atoms with Gasteiger partial charge in [-0.15, -0.1) is 0 Å². The van der Waals surface area contributed by atoms with E-state index in [1.807, 2.05) is 0 Å². The maximum absolute atomic E-state index is 13.9. The molecule has 0 radical (unpaired) electrons. The van der Waals surface area contributed by atoms with Crippen molar-refractivity contribution in [2.45, 2.75) is 69.3 Å². The van der Waals surface area contributed by atoms with Gasteiger partial charge in [-0.2, -0.15) is 39.5 Å². The molecule has 1 heterocycles. The summed E-state index contributed by atoms with van der Waals surface area (Å²) in [5, 5.41) is 2.31. The quantitative estimate of drug-likeness (QED) is 0.364. The number of alkyl halides is 9. The molecule has 2 aliphatic rings. The molecule has 0 bridgehead atoms. The largest absolute Gasteiger partial charge is 0.416 e. The minimum atomic E-state index is -5.08. The normalized spacial score (nSPS) is 19.2. The van der Waals surface area contributed by atoms with Gasteiger partial charge >= 0.3 is 18.5 Å². The molecule has 0 spiro atoms. The van der Waals surface area contributed by atoms with Crippen molar-refractivity contribution in [3.8, 4) is 0 Å². The van der Waals surface area contributed by atoms with Crippen molar-refractivity contribution in [3.63, 3.8) is 0 Å². The molecule has 1 amide bonds. The topological polar surface area (TPSA) is 35.6 Å². The highest BCUT2D eigenvalue weighted by Gasteiger charge is 2.41. The Balaban J connectivity index is 1.60. The van der Waals surface area contributed by atoms with E-state index in [1.54, 1.807) is 4.90 Å².